The SMILES string of the molecule is CC(C)NC(=O)[C@H](Cc1ccccc1)N(Cc1ccccc1)C(=O)COc1ccc(C(C)(C)C)cc1Br. The van der Waals surface area contributed by atoms with Crippen LogP contribution in [0, 0.1) is 0 Å². The van der Waals surface area contributed by atoms with Gasteiger partial charge in [0.15, 0.2) is 6.61 Å². The van der Waals surface area contributed by atoms with Crippen molar-refractivity contribution in [1.29, 1.82) is 0 Å². The highest BCUT2D eigenvalue weighted by atomic mass is 79.9. The normalized spacial score (nSPS) is 12.2. The maximum Gasteiger partial charge on any atom is 0.261 e. The molecule has 0 heterocycles. The molecule has 0 saturated carbocycles. The third-order valence-electron chi connectivity index (χ3n) is 6.05. The molecule has 3 aromatic carbocycles. The fourth-order valence-corrected chi connectivity index (χ4v) is 4.51. The van der Waals surface area contributed by atoms with Crippen molar-refractivity contribution in [3.05, 3.63) is 100 Å². The number of hydrogen-bond acceptors (Lipinski definition) is 3. The van der Waals surface area contributed by atoms with Crippen LogP contribution >= 0.6 is 15.9 Å². The zero-order valence-electron chi connectivity index (χ0n) is 22.3. The number of halogens is 1. The van der Waals surface area contributed by atoms with Crippen LogP contribution in [0.3, 0.4) is 0 Å². The van der Waals surface area contributed by atoms with E-state index in [-0.39, 0.29) is 29.9 Å². The predicted molar refractivity (Wildman–Crippen MR) is 153 cm³/mol. The first-order chi connectivity index (χ1) is 17.5. The molecule has 5 nitrogen and oxygen atoms in total. The van der Waals surface area contributed by atoms with Gasteiger partial charge in [0.2, 0.25) is 5.91 Å². The lowest BCUT2D eigenvalue weighted by molar-refractivity contribution is -0.143. The largest absolute Gasteiger partial charge is 0.483 e. The van der Waals surface area contributed by atoms with Crippen LogP contribution in [0.25, 0.3) is 0 Å². The van der Waals surface area contributed by atoms with Gasteiger partial charge >= 0.3 is 0 Å². The number of hydrogen-bond donors (Lipinski definition) is 1. The first-order valence-electron chi connectivity index (χ1n) is 12.6. The van der Waals surface area contributed by atoms with Gasteiger partial charge in [-0.25, -0.2) is 0 Å². The van der Waals surface area contributed by atoms with E-state index in [1.54, 1.807) is 4.90 Å². The summed E-state index contributed by atoms with van der Waals surface area (Å²) in [7, 11) is 0. The van der Waals surface area contributed by atoms with Crippen LogP contribution in [0.1, 0.15) is 51.3 Å². The number of carbonyl (C=O) groups excluding carboxylic acids is 2. The molecule has 0 fully saturated rings. The molecule has 0 radical (unpaired) electrons. The zero-order chi connectivity index (χ0) is 27.0. The van der Waals surface area contributed by atoms with E-state index in [9.17, 15) is 9.59 Å². The molecule has 0 aliphatic heterocycles. The van der Waals surface area contributed by atoms with E-state index in [0.29, 0.717) is 18.7 Å². The molecular weight excluding hydrogens is 528 g/mol. The molecular formula is C31H37BrN2O3. The van der Waals surface area contributed by atoms with Crippen molar-refractivity contribution in [1.82, 2.24) is 10.2 Å². The zero-order valence-corrected chi connectivity index (χ0v) is 23.9. The highest BCUT2D eigenvalue weighted by Crippen LogP contribution is 2.31. The van der Waals surface area contributed by atoms with Crippen LogP contribution in [0.5, 0.6) is 5.75 Å². The van der Waals surface area contributed by atoms with Crippen molar-refractivity contribution in [2.45, 2.75) is 65.1 Å². The molecule has 2 amide bonds. The second-order valence-electron chi connectivity index (χ2n) is 10.6. The molecule has 37 heavy (non-hydrogen) atoms. The Balaban J connectivity index is 1.88. The van der Waals surface area contributed by atoms with Gasteiger partial charge in [-0.3, -0.25) is 9.59 Å². The minimum Gasteiger partial charge on any atom is -0.483 e. The van der Waals surface area contributed by atoms with Gasteiger partial charge in [-0.2, -0.15) is 0 Å². The molecule has 0 aromatic heterocycles. The molecule has 3 aromatic rings. The van der Waals surface area contributed by atoms with Crippen molar-refractivity contribution in [2.24, 2.45) is 0 Å². The summed E-state index contributed by atoms with van der Waals surface area (Å²) < 4.78 is 6.77. The van der Waals surface area contributed by atoms with Gasteiger partial charge in [0, 0.05) is 19.0 Å². The Morgan fingerprint density at radius 1 is 0.919 bits per heavy atom. The van der Waals surface area contributed by atoms with Gasteiger partial charge in [-0.15, -0.1) is 0 Å². The van der Waals surface area contributed by atoms with Crippen LogP contribution in [0.4, 0.5) is 0 Å². The average molecular weight is 566 g/mol. The lowest BCUT2D eigenvalue weighted by Crippen LogP contribution is -2.52. The third-order valence-corrected chi connectivity index (χ3v) is 6.67. The van der Waals surface area contributed by atoms with E-state index < -0.39 is 6.04 Å². The topological polar surface area (TPSA) is 58.6 Å². The van der Waals surface area contributed by atoms with Gasteiger partial charge in [-0.05, 0) is 64.0 Å². The lowest BCUT2D eigenvalue weighted by atomic mass is 9.87. The van der Waals surface area contributed by atoms with E-state index in [1.165, 1.54) is 0 Å². The number of ether oxygens (including phenoxy) is 1. The summed E-state index contributed by atoms with van der Waals surface area (Å²) in [5.41, 5.74) is 3.09. The Kier molecular flexibility index (Phi) is 9.93. The standard InChI is InChI=1S/C31H37BrN2O3/c1-22(2)33-30(36)27(18-23-12-8-6-9-13-23)34(20-24-14-10-7-11-15-24)29(35)21-37-28-17-16-25(19-26(28)32)31(3,4)5/h6-17,19,22,27H,18,20-21H2,1-5H3,(H,33,36)/t27-/m0/s1. The van der Waals surface area contributed by atoms with E-state index in [2.05, 4.69) is 42.0 Å². The molecule has 0 unspecified atom stereocenters. The number of carbonyl (C=O) groups is 2. The van der Waals surface area contributed by atoms with E-state index in [4.69, 9.17) is 4.74 Å². The molecule has 0 aliphatic carbocycles. The second-order valence-corrected chi connectivity index (χ2v) is 11.4. The summed E-state index contributed by atoms with van der Waals surface area (Å²) in [6.45, 7) is 10.4. The summed E-state index contributed by atoms with van der Waals surface area (Å²) in [6, 6.07) is 24.7. The van der Waals surface area contributed by atoms with Gasteiger partial charge in [0.05, 0.1) is 4.47 Å². The predicted octanol–water partition coefficient (Wildman–Crippen LogP) is 6.29. The molecule has 0 saturated heterocycles. The first kappa shape index (κ1) is 28.5. The summed E-state index contributed by atoms with van der Waals surface area (Å²) in [4.78, 5) is 28.7. The van der Waals surface area contributed by atoms with Gasteiger partial charge in [0.1, 0.15) is 11.8 Å². The third kappa shape index (κ3) is 8.46. The number of nitrogens with zero attached hydrogens (tertiary/aromatic N) is 1. The Morgan fingerprint density at radius 3 is 2.05 bits per heavy atom. The minimum atomic E-state index is -0.687. The van der Waals surface area contributed by atoms with Crippen LogP contribution < -0.4 is 10.1 Å². The Morgan fingerprint density at radius 2 is 1.51 bits per heavy atom. The van der Waals surface area contributed by atoms with Gasteiger partial charge in [-0.1, -0.05) is 87.5 Å². The number of benzene rings is 3. The molecule has 1 N–H and O–H groups in total. The molecule has 0 aliphatic rings. The Hall–Kier alpha value is -3.12. The lowest BCUT2D eigenvalue weighted by Gasteiger charge is -2.32. The van der Waals surface area contributed by atoms with Crippen LogP contribution in [0.15, 0.2) is 83.3 Å². The van der Waals surface area contributed by atoms with E-state index >= 15 is 0 Å². The molecule has 1 atom stereocenters. The van der Waals surface area contributed by atoms with E-state index in [0.717, 1.165) is 21.2 Å². The van der Waals surface area contributed by atoms with Crippen molar-refractivity contribution in [2.75, 3.05) is 6.61 Å². The van der Waals surface area contributed by atoms with Crippen LogP contribution in [-0.4, -0.2) is 35.4 Å². The van der Waals surface area contributed by atoms with E-state index in [1.807, 2.05) is 92.7 Å². The number of amides is 2. The summed E-state index contributed by atoms with van der Waals surface area (Å²) in [6.07, 6.45) is 0.405. The summed E-state index contributed by atoms with van der Waals surface area (Å²) in [5, 5.41) is 3.01. The molecule has 6 heteroatoms. The first-order valence-corrected chi connectivity index (χ1v) is 13.4. The molecule has 196 valence electrons. The monoisotopic (exact) mass is 564 g/mol. The number of nitrogens with one attached hydrogen (secondary N) is 1. The summed E-state index contributed by atoms with van der Waals surface area (Å²) >= 11 is 3.59. The van der Waals surface area contributed by atoms with Crippen molar-refractivity contribution < 1.29 is 14.3 Å². The molecule has 0 bridgehead atoms. The maximum atomic E-state index is 13.7. The maximum absolute atomic E-state index is 13.7. The van der Waals surface area contributed by atoms with Crippen LogP contribution in [0.2, 0.25) is 0 Å². The van der Waals surface area contributed by atoms with Crippen molar-refractivity contribution >= 4 is 27.7 Å². The van der Waals surface area contributed by atoms with Crippen molar-refractivity contribution in [3.63, 3.8) is 0 Å². The van der Waals surface area contributed by atoms with Crippen LogP contribution in [-0.2, 0) is 28.0 Å². The van der Waals surface area contributed by atoms with Gasteiger partial charge < -0.3 is 15.0 Å². The smallest absolute Gasteiger partial charge is 0.261 e. The highest BCUT2D eigenvalue weighted by Gasteiger charge is 2.31. The fraction of sp³-hybridized carbons (Fsp3) is 0.355. The summed E-state index contributed by atoms with van der Waals surface area (Å²) in [5.74, 6) is 0.154. The number of rotatable bonds is 10. The highest BCUT2D eigenvalue weighted by molar-refractivity contribution is 9.10. The minimum absolute atomic E-state index is 0.00219. The van der Waals surface area contributed by atoms with Crippen molar-refractivity contribution in [3.8, 4) is 5.75 Å². The molecule has 3 rings (SSSR count). The Labute approximate surface area is 229 Å². The fourth-order valence-electron chi connectivity index (χ4n) is 4.02. The average Bonchev–Trinajstić information content (AvgIpc) is 2.85. The molecule has 0 spiro atoms. The van der Waals surface area contributed by atoms with Gasteiger partial charge in [0.25, 0.3) is 5.91 Å². The second kappa shape index (κ2) is 12.9. The Bertz CT molecular complexity index is 1170. The quantitative estimate of drug-likeness (QED) is 0.315.